The van der Waals surface area contributed by atoms with E-state index in [2.05, 4.69) is 4.98 Å². The van der Waals surface area contributed by atoms with Crippen molar-refractivity contribution in [1.82, 2.24) is 9.97 Å². The monoisotopic (exact) mass is 392 g/mol. The number of aromatic nitrogens is 2. The number of carbonyl (C=O) groups is 1. The Balaban J connectivity index is 1.59. The van der Waals surface area contributed by atoms with Crippen LogP contribution in [0.2, 0.25) is 0 Å². The van der Waals surface area contributed by atoms with E-state index in [9.17, 15) is 4.79 Å². The minimum atomic E-state index is -0.597. The van der Waals surface area contributed by atoms with Crippen molar-refractivity contribution in [2.75, 3.05) is 19.8 Å². The molecule has 1 N–H and O–H groups in total. The third kappa shape index (κ3) is 4.39. The molecule has 6 heteroatoms. The van der Waals surface area contributed by atoms with E-state index in [0.29, 0.717) is 19.0 Å². The molecule has 150 valence electrons. The molecule has 3 aromatic rings. The third-order valence-corrected chi connectivity index (χ3v) is 4.85. The van der Waals surface area contributed by atoms with Gasteiger partial charge in [-0.25, -0.2) is 4.98 Å². The lowest BCUT2D eigenvalue weighted by atomic mass is 9.93. The van der Waals surface area contributed by atoms with E-state index in [1.54, 1.807) is 0 Å². The summed E-state index contributed by atoms with van der Waals surface area (Å²) in [5, 5.41) is 0. The van der Waals surface area contributed by atoms with Crippen molar-refractivity contribution in [1.29, 1.82) is 0 Å². The van der Waals surface area contributed by atoms with Crippen LogP contribution < -0.4 is 0 Å². The van der Waals surface area contributed by atoms with Crippen molar-refractivity contribution >= 4 is 5.97 Å². The van der Waals surface area contributed by atoms with Crippen LogP contribution in [-0.2, 0) is 19.0 Å². The molecule has 0 bridgehead atoms. The van der Waals surface area contributed by atoms with Gasteiger partial charge in [0.25, 0.3) is 0 Å². The zero-order chi connectivity index (χ0) is 20.3. The smallest absolute Gasteiger partial charge is 0.302 e. The van der Waals surface area contributed by atoms with Crippen LogP contribution in [0.25, 0.3) is 22.5 Å². The molecule has 1 saturated heterocycles. The quantitative estimate of drug-likeness (QED) is 0.653. The van der Waals surface area contributed by atoms with Crippen LogP contribution in [0.1, 0.15) is 26.0 Å². The molecule has 4 rings (SSSR count). The van der Waals surface area contributed by atoms with Crippen LogP contribution in [-0.4, -0.2) is 35.8 Å². The van der Waals surface area contributed by atoms with Crippen molar-refractivity contribution in [3.05, 3.63) is 66.5 Å². The van der Waals surface area contributed by atoms with Gasteiger partial charge in [0.2, 0.25) is 6.29 Å². The number of esters is 1. The Morgan fingerprint density at radius 3 is 2.24 bits per heavy atom. The van der Waals surface area contributed by atoms with Crippen LogP contribution in [0.4, 0.5) is 0 Å². The largest absolute Gasteiger partial charge is 0.465 e. The molecule has 2 heterocycles. The van der Waals surface area contributed by atoms with Gasteiger partial charge in [-0.05, 0) is 0 Å². The highest BCUT2D eigenvalue weighted by Gasteiger charge is 2.36. The van der Waals surface area contributed by atoms with E-state index in [1.165, 1.54) is 6.92 Å². The minimum absolute atomic E-state index is 0.262. The summed E-state index contributed by atoms with van der Waals surface area (Å²) < 4.78 is 17.0. The van der Waals surface area contributed by atoms with E-state index in [4.69, 9.17) is 19.2 Å². The molecule has 1 aliphatic heterocycles. The van der Waals surface area contributed by atoms with Gasteiger partial charge in [-0.3, -0.25) is 4.79 Å². The molecule has 1 aromatic heterocycles. The average molecular weight is 392 g/mol. The summed E-state index contributed by atoms with van der Waals surface area (Å²) in [6.45, 7) is 4.45. The Labute approximate surface area is 169 Å². The van der Waals surface area contributed by atoms with Crippen LogP contribution >= 0.6 is 0 Å². The molecule has 2 aromatic carbocycles. The third-order valence-electron chi connectivity index (χ3n) is 4.85. The molecule has 0 saturated carbocycles. The SMILES string of the molecule is CC(=O)OCC1(C)COC(c2nc(-c3ccccc3)c(-c3ccccc3)[nH]2)OC1. The number of aromatic amines is 1. The van der Waals surface area contributed by atoms with Gasteiger partial charge in [0.1, 0.15) is 6.61 Å². The molecule has 0 unspecified atom stereocenters. The maximum Gasteiger partial charge on any atom is 0.302 e. The van der Waals surface area contributed by atoms with E-state index in [-0.39, 0.29) is 18.0 Å². The highest BCUT2D eigenvalue weighted by atomic mass is 16.7. The Kier molecular flexibility index (Phi) is 5.47. The second kappa shape index (κ2) is 8.19. The minimum Gasteiger partial charge on any atom is -0.465 e. The summed E-state index contributed by atoms with van der Waals surface area (Å²) in [6.07, 6.45) is -0.597. The van der Waals surface area contributed by atoms with Crippen LogP contribution in [0.3, 0.4) is 0 Å². The average Bonchev–Trinajstić information content (AvgIpc) is 3.20. The van der Waals surface area contributed by atoms with Crippen LogP contribution in [0, 0.1) is 5.41 Å². The summed E-state index contributed by atoms with van der Waals surface area (Å²) >= 11 is 0. The van der Waals surface area contributed by atoms with Crippen molar-refractivity contribution in [2.45, 2.75) is 20.1 Å². The van der Waals surface area contributed by atoms with Gasteiger partial charge in [-0.15, -0.1) is 0 Å². The maximum atomic E-state index is 11.1. The second-order valence-corrected chi connectivity index (χ2v) is 7.62. The summed E-state index contributed by atoms with van der Waals surface area (Å²) in [5.41, 5.74) is 3.46. The summed E-state index contributed by atoms with van der Waals surface area (Å²) in [4.78, 5) is 19.3. The number of benzene rings is 2. The van der Waals surface area contributed by atoms with Gasteiger partial charge < -0.3 is 19.2 Å². The number of nitrogens with one attached hydrogen (secondary N) is 1. The van der Waals surface area contributed by atoms with Crippen molar-refractivity contribution in [2.24, 2.45) is 5.41 Å². The van der Waals surface area contributed by atoms with Crippen molar-refractivity contribution in [3.63, 3.8) is 0 Å². The van der Waals surface area contributed by atoms with Gasteiger partial charge in [0.05, 0.1) is 24.6 Å². The normalized spacial score (nSPS) is 21.7. The Morgan fingerprint density at radius 2 is 1.66 bits per heavy atom. The number of rotatable bonds is 5. The van der Waals surface area contributed by atoms with Crippen molar-refractivity contribution < 1.29 is 19.0 Å². The molecular weight excluding hydrogens is 368 g/mol. The lowest BCUT2D eigenvalue weighted by Gasteiger charge is -2.35. The number of carbonyl (C=O) groups excluding carboxylic acids is 1. The van der Waals surface area contributed by atoms with Crippen LogP contribution in [0.5, 0.6) is 0 Å². The Hall–Kier alpha value is -2.96. The van der Waals surface area contributed by atoms with Crippen molar-refractivity contribution in [3.8, 4) is 22.5 Å². The molecule has 29 heavy (non-hydrogen) atoms. The van der Waals surface area contributed by atoms with Gasteiger partial charge in [0.15, 0.2) is 5.82 Å². The van der Waals surface area contributed by atoms with E-state index >= 15 is 0 Å². The molecule has 0 spiro atoms. The molecule has 6 nitrogen and oxygen atoms in total. The van der Waals surface area contributed by atoms with Gasteiger partial charge in [-0.2, -0.15) is 0 Å². The number of ether oxygens (including phenoxy) is 3. The van der Waals surface area contributed by atoms with E-state index < -0.39 is 6.29 Å². The first kappa shape index (κ1) is 19.4. The first-order valence-corrected chi connectivity index (χ1v) is 9.61. The number of H-pyrrole nitrogens is 1. The van der Waals surface area contributed by atoms with E-state index in [0.717, 1.165) is 22.5 Å². The predicted molar refractivity (Wildman–Crippen MR) is 109 cm³/mol. The molecule has 0 radical (unpaired) electrons. The highest BCUT2D eigenvalue weighted by molar-refractivity contribution is 5.78. The first-order valence-electron chi connectivity index (χ1n) is 9.61. The van der Waals surface area contributed by atoms with Gasteiger partial charge in [0, 0.05) is 23.5 Å². The molecule has 0 atom stereocenters. The fourth-order valence-corrected chi connectivity index (χ4v) is 3.28. The maximum absolute atomic E-state index is 11.1. The lowest BCUT2D eigenvalue weighted by molar-refractivity contribution is -0.241. The van der Waals surface area contributed by atoms with Gasteiger partial charge >= 0.3 is 5.97 Å². The summed E-state index contributed by atoms with van der Waals surface area (Å²) in [7, 11) is 0. The first-order chi connectivity index (χ1) is 14.0. The molecule has 1 fully saturated rings. The molecule has 0 aliphatic carbocycles. The predicted octanol–water partition coefficient (Wildman–Crippen LogP) is 4.36. The van der Waals surface area contributed by atoms with Crippen LogP contribution in [0.15, 0.2) is 60.7 Å². The summed E-state index contributed by atoms with van der Waals surface area (Å²) in [6, 6.07) is 20.1. The highest BCUT2D eigenvalue weighted by Crippen LogP contribution is 2.35. The lowest BCUT2D eigenvalue weighted by Crippen LogP contribution is -2.40. The zero-order valence-electron chi connectivity index (χ0n) is 16.6. The molecule has 0 amide bonds. The Bertz CT molecular complexity index is 904. The number of hydrogen-bond donors (Lipinski definition) is 1. The number of hydrogen-bond acceptors (Lipinski definition) is 5. The van der Waals surface area contributed by atoms with Gasteiger partial charge in [-0.1, -0.05) is 67.6 Å². The van der Waals surface area contributed by atoms with E-state index in [1.807, 2.05) is 67.6 Å². The summed E-state index contributed by atoms with van der Waals surface area (Å²) in [5.74, 6) is 0.316. The molecule has 1 aliphatic rings. The number of imidazole rings is 1. The topological polar surface area (TPSA) is 73.4 Å². The number of nitrogens with zero attached hydrogens (tertiary/aromatic N) is 1. The fraction of sp³-hybridized carbons (Fsp3) is 0.304. The fourth-order valence-electron chi connectivity index (χ4n) is 3.28. The zero-order valence-corrected chi connectivity index (χ0v) is 16.6. The second-order valence-electron chi connectivity index (χ2n) is 7.62. The molecular formula is C23H24N2O4. The standard InChI is InChI=1S/C23H24N2O4/c1-16(26)27-13-23(2)14-28-22(29-15-23)21-24-19(17-9-5-3-6-10-17)20(25-21)18-11-7-4-8-12-18/h3-12,22H,13-15H2,1-2H3,(H,24,25). The Morgan fingerprint density at radius 1 is 1.07 bits per heavy atom.